The predicted molar refractivity (Wildman–Crippen MR) is 145 cm³/mol. The van der Waals surface area contributed by atoms with Gasteiger partial charge in [0.15, 0.2) is 8.07 Å². The van der Waals surface area contributed by atoms with Crippen LogP contribution in [0.3, 0.4) is 0 Å². The molecule has 1 heterocycles. The average molecular weight is 556 g/mol. The number of benzene rings is 4. The van der Waals surface area contributed by atoms with Crippen LogP contribution in [-0.4, -0.2) is 8.07 Å². The van der Waals surface area contributed by atoms with E-state index in [0.29, 0.717) is 0 Å². The molecule has 5 aromatic rings. The van der Waals surface area contributed by atoms with Crippen LogP contribution in [-0.2, 0) is 21.7 Å². The van der Waals surface area contributed by atoms with Crippen LogP contribution in [0.15, 0.2) is 103 Å². The summed E-state index contributed by atoms with van der Waals surface area (Å²) in [7, 11) is -2.18. The van der Waals surface area contributed by atoms with Crippen LogP contribution in [0.2, 0.25) is 0 Å². The smallest absolute Gasteiger partial charge is 1.00 e. The van der Waals surface area contributed by atoms with Gasteiger partial charge in [0.1, 0.15) is 0 Å². The van der Waals surface area contributed by atoms with Gasteiger partial charge < -0.3 is 24.8 Å². The molecule has 0 N–H and O–H groups in total. The molecule has 0 bridgehead atoms. The molecule has 7 rings (SSSR count). The number of fused-ring (bicyclic) bond motifs is 5. The summed E-state index contributed by atoms with van der Waals surface area (Å²) in [6, 6.07) is 32.1. The van der Waals surface area contributed by atoms with E-state index in [0.717, 1.165) is 6.42 Å². The van der Waals surface area contributed by atoms with Crippen molar-refractivity contribution in [2.24, 2.45) is 0 Å². The zero-order valence-electron chi connectivity index (χ0n) is 20.3. The second kappa shape index (κ2) is 9.89. The molecule has 0 unspecified atom stereocenters. The third kappa shape index (κ3) is 3.56. The Labute approximate surface area is 241 Å². The minimum absolute atomic E-state index is 0. The quantitative estimate of drug-likeness (QED) is 0.201. The molecule has 0 spiro atoms. The zero-order chi connectivity index (χ0) is 22.2. The zero-order valence-corrected chi connectivity index (χ0v) is 24.4. The molecule has 0 saturated carbocycles. The normalized spacial score (nSPS) is 14.4. The summed E-state index contributed by atoms with van der Waals surface area (Å²) >= 11 is 0. The van der Waals surface area contributed by atoms with Crippen LogP contribution in [0, 0.1) is 13.8 Å². The topological polar surface area (TPSA) is 0 Å². The molecule has 0 nitrogen and oxygen atoms in total. The van der Waals surface area contributed by atoms with Crippen LogP contribution in [0.1, 0.15) is 23.1 Å². The molecule has 2 aliphatic rings. The summed E-state index contributed by atoms with van der Waals surface area (Å²) in [4.78, 5) is 0. The van der Waals surface area contributed by atoms with Crippen molar-refractivity contribution in [2.75, 3.05) is 0 Å². The minimum Gasteiger partial charge on any atom is -1.00 e. The molecule has 4 heteroatoms. The fourth-order valence-electron chi connectivity index (χ4n) is 6.42. The molecule has 1 aliphatic heterocycles. The Kier molecular flexibility index (Phi) is 7.36. The van der Waals surface area contributed by atoms with Gasteiger partial charge in [-0.3, -0.25) is 0 Å². The Balaban J connectivity index is 0.00000101. The predicted octanol–water partition coefficient (Wildman–Crippen LogP) is -0.632. The van der Waals surface area contributed by atoms with Crippen molar-refractivity contribution in [2.45, 2.75) is 20.3 Å². The van der Waals surface area contributed by atoms with Gasteiger partial charge in [0, 0.05) is 0 Å². The van der Waals surface area contributed by atoms with Crippen molar-refractivity contribution < 1.29 is 46.5 Å². The second-order valence-corrected chi connectivity index (χ2v) is 13.2. The van der Waals surface area contributed by atoms with E-state index in [1.165, 1.54) is 54.2 Å². The van der Waals surface area contributed by atoms with Crippen LogP contribution >= 0.6 is 0 Å². The van der Waals surface area contributed by atoms with E-state index < -0.39 is 8.07 Å². The second-order valence-electron chi connectivity index (χ2n) is 9.58. The molecule has 0 aromatic heterocycles. The maximum atomic E-state index is 2.47. The summed E-state index contributed by atoms with van der Waals surface area (Å²) < 4.78 is 0. The maximum Gasteiger partial charge on any atom is 3.00 e. The van der Waals surface area contributed by atoms with Gasteiger partial charge >= 0.3 is 21.7 Å². The van der Waals surface area contributed by atoms with Crippen LogP contribution < -0.4 is 45.6 Å². The van der Waals surface area contributed by atoms with Gasteiger partial charge in [0.25, 0.3) is 0 Å². The first-order valence-corrected chi connectivity index (χ1v) is 13.9. The van der Waals surface area contributed by atoms with Crippen molar-refractivity contribution >= 4 is 55.9 Å². The summed E-state index contributed by atoms with van der Waals surface area (Å²) in [5.74, 6) is 0. The summed E-state index contributed by atoms with van der Waals surface area (Å²) in [6.07, 6.45) is 7.87. The Morgan fingerprint density at radius 3 is 2.00 bits per heavy atom. The molecule has 5 aromatic carbocycles. The number of halogens is 2. The van der Waals surface area contributed by atoms with Gasteiger partial charge in [-0.25, -0.2) is 0 Å². The largest absolute Gasteiger partial charge is 3.00 e. The van der Waals surface area contributed by atoms with E-state index in [-0.39, 0.29) is 46.5 Å². The molecular weight excluding hydrogens is 531 g/mol. The molecule has 0 fully saturated rings. The summed E-state index contributed by atoms with van der Waals surface area (Å²) in [5.41, 5.74) is 5.76. The number of aryl methyl sites for hydroxylation is 1. The minimum atomic E-state index is -2.18. The Bertz CT molecular complexity index is 1610. The van der Waals surface area contributed by atoms with Gasteiger partial charge in [-0.05, 0) is 30.6 Å². The molecule has 1 aliphatic carbocycles. The third-order valence-corrected chi connectivity index (χ3v) is 12.5. The van der Waals surface area contributed by atoms with Gasteiger partial charge in [0.2, 0.25) is 0 Å². The first-order chi connectivity index (χ1) is 16.2. The Morgan fingerprint density at radius 2 is 1.42 bits per heavy atom. The number of rotatable bonds is 3. The first kappa shape index (κ1) is 26.8. The van der Waals surface area contributed by atoms with Crippen molar-refractivity contribution in [3.8, 4) is 0 Å². The van der Waals surface area contributed by atoms with Gasteiger partial charge in [0.05, 0.1) is 0 Å². The van der Waals surface area contributed by atoms with Crippen molar-refractivity contribution in [1.82, 2.24) is 0 Å². The van der Waals surface area contributed by atoms with Gasteiger partial charge in [-0.2, -0.15) is 0 Å². The van der Waals surface area contributed by atoms with Gasteiger partial charge in [-0.1, -0.05) is 124 Å². The molecule has 0 saturated heterocycles. The van der Waals surface area contributed by atoms with E-state index in [2.05, 4.69) is 117 Å². The fourth-order valence-corrected chi connectivity index (χ4v) is 11.9. The third-order valence-electron chi connectivity index (χ3n) is 7.76. The number of allylic oxidation sites excluding steroid dienone is 4. The van der Waals surface area contributed by atoms with Crippen LogP contribution in [0.5, 0.6) is 0 Å². The maximum absolute atomic E-state index is 2.47. The molecular formula is C32H25Cl2SiTi. The van der Waals surface area contributed by atoms with Crippen molar-refractivity contribution in [3.05, 3.63) is 120 Å². The molecule has 36 heavy (non-hydrogen) atoms. The molecule has 1 radical (unpaired) electrons. The van der Waals surface area contributed by atoms with E-state index in [9.17, 15) is 0 Å². The molecule has 0 amide bonds. The fraction of sp³-hybridized carbons (Fsp3) is 0.0938. The monoisotopic (exact) mass is 555 g/mol. The Hall–Kier alpha value is -2.26. The summed E-state index contributed by atoms with van der Waals surface area (Å²) in [6.45, 7) is 4.59. The Morgan fingerprint density at radius 1 is 0.778 bits per heavy atom. The van der Waals surface area contributed by atoms with Crippen LogP contribution in [0.4, 0.5) is 0 Å². The van der Waals surface area contributed by atoms with E-state index in [1.807, 2.05) is 0 Å². The average Bonchev–Trinajstić information content (AvgIpc) is 3.11. The van der Waals surface area contributed by atoms with Gasteiger partial charge in [-0.15, -0.1) is 33.7 Å². The summed E-state index contributed by atoms with van der Waals surface area (Å²) in [5, 5.41) is 12.0. The number of hydrogen-bond donors (Lipinski definition) is 0. The first-order valence-electron chi connectivity index (χ1n) is 11.9. The standard InChI is InChI=1S/C32H25Si.2ClH.Ti/c1-21-17-18-27-24(19-21)20-28-29(23-11-9-10-12-23)22(2)31-32(30(27)28)33(31,25-13-5-3-6-14-25)26-15-7-4-8-16-26;;;/h3-11,13-20H,12H2,1-2H3;2*1H;/q-1;;;+3/p-2. The molecule has 175 valence electrons. The molecule has 0 atom stereocenters. The van der Waals surface area contributed by atoms with E-state index in [4.69, 9.17) is 0 Å². The van der Waals surface area contributed by atoms with Crippen molar-refractivity contribution in [1.29, 1.82) is 0 Å². The van der Waals surface area contributed by atoms with Crippen molar-refractivity contribution in [3.63, 3.8) is 0 Å². The SMILES string of the molecule is Cc1ccc2c(c1)[cH-]c1c(C3=CC=CC3)c(C)c3c(c12)[Si]3(c1ccccc1)c1ccccc1.[Cl-].[Cl-].[Ti+3]. The number of hydrogen-bond acceptors (Lipinski definition) is 0. The van der Waals surface area contributed by atoms with E-state index in [1.54, 1.807) is 10.4 Å². The van der Waals surface area contributed by atoms with Crippen LogP contribution in [0.25, 0.3) is 27.1 Å². The van der Waals surface area contributed by atoms with E-state index >= 15 is 0 Å².